The lowest BCUT2D eigenvalue weighted by molar-refractivity contribution is 0.220. The van der Waals surface area contributed by atoms with Crippen LogP contribution in [0.2, 0.25) is 5.02 Å². The second kappa shape index (κ2) is 8.26. The fraction of sp³-hybridized carbons (Fsp3) is 0.350. The first-order valence-corrected chi connectivity index (χ1v) is 9.12. The van der Waals surface area contributed by atoms with E-state index < -0.39 is 0 Å². The SMILES string of the molecule is CN(Cc1ccccc1Cl)C(=O)Nc1ccc(N2CCCCC2)cc1. The third-order valence-corrected chi connectivity index (χ3v) is 4.92. The van der Waals surface area contributed by atoms with Crippen molar-refractivity contribution in [3.8, 4) is 0 Å². The second-order valence-electron chi connectivity index (χ2n) is 6.47. The molecule has 2 amide bonds. The summed E-state index contributed by atoms with van der Waals surface area (Å²) in [6.07, 6.45) is 3.83. The maximum Gasteiger partial charge on any atom is 0.321 e. The molecule has 0 spiro atoms. The number of carbonyl (C=O) groups is 1. The average molecular weight is 358 g/mol. The van der Waals surface area contributed by atoms with E-state index in [1.54, 1.807) is 11.9 Å². The van der Waals surface area contributed by atoms with Gasteiger partial charge in [0.15, 0.2) is 0 Å². The molecular formula is C20H24ClN3O. The number of nitrogens with zero attached hydrogens (tertiary/aromatic N) is 2. The molecule has 2 aromatic rings. The third kappa shape index (κ3) is 4.67. The summed E-state index contributed by atoms with van der Waals surface area (Å²) in [6.45, 7) is 2.70. The molecule has 0 aliphatic carbocycles. The van der Waals surface area contributed by atoms with Gasteiger partial charge in [0.1, 0.15) is 0 Å². The molecule has 0 aromatic heterocycles. The minimum atomic E-state index is -0.148. The largest absolute Gasteiger partial charge is 0.372 e. The third-order valence-electron chi connectivity index (χ3n) is 4.55. The van der Waals surface area contributed by atoms with E-state index in [4.69, 9.17) is 11.6 Å². The highest BCUT2D eigenvalue weighted by Crippen LogP contribution is 2.22. The van der Waals surface area contributed by atoms with Crippen molar-refractivity contribution >= 4 is 29.0 Å². The molecule has 1 fully saturated rings. The Morgan fingerprint density at radius 1 is 1.08 bits per heavy atom. The molecule has 4 nitrogen and oxygen atoms in total. The van der Waals surface area contributed by atoms with Crippen molar-refractivity contribution in [1.29, 1.82) is 0 Å². The lowest BCUT2D eigenvalue weighted by Crippen LogP contribution is -2.31. The van der Waals surface area contributed by atoms with Gasteiger partial charge in [-0.2, -0.15) is 0 Å². The minimum absolute atomic E-state index is 0.148. The molecule has 1 aliphatic rings. The topological polar surface area (TPSA) is 35.6 Å². The Kier molecular flexibility index (Phi) is 5.82. The molecule has 3 rings (SSSR count). The van der Waals surface area contributed by atoms with Gasteiger partial charge in [-0.15, -0.1) is 0 Å². The quantitative estimate of drug-likeness (QED) is 0.836. The van der Waals surface area contributed by atoms with Gasteiger partial charge < -0.3 is 15.1 Å². The molecule has 0 atom stereocenters. The monoisotopic (exact) mass is 357 g/mol. The molecule has 25 heavy (non-hydrogen) atoms. The number of nitrogens with one attached hydrogen (secondary N) is 1. The van der Waals surface area contributed by atoms with E-state index in [0.717, 1.165) is 24.3 Å². The van der Waals surface area contributed by atoms with Crippen LogP contribution in [0.4, 0.5) is 16.2 Å². The summed E-state index contributed by atoms with van der Waals surface area (Å²) in [4.78, 5) is 16.4. The summed E-state index contributed by atoms with van der Waals surface area (Å²) >= 11 is 6.16. The first-order chi connectivity index (χ1) is 12.1. The molecule has 5 heteroatoms. The Morgan fingerprint density at radius 2 is 1.76 bits per heavy atom. The van der Waals surface area contributed by atoms with Gasteiger partial charge in [0.25, 0.3) is 0 Å². The number of benzene rings is 2. The van der Waals surface area contributed by atoms with Crippen molar-refractivity contribution in [2.24, 2.45) is 0 Å². The molecule has 0 radical (unpaired) electrons. The second-order valence-corrected chi connectivity index (χ2v) is 6.88. The number of anilines is 2. The Hall–Kier alpha value is -2.20. The summed E-state index contributed by atoms with van der Waals surface area (Å²) in [6, 6.07) is 15.5. The number of piperidine rings is 1. The highest BCUT2D eigenvalue weighted by molar-refractivity contribution is 6.31. The fourth-order valence-electron chi connectivity index (χ4n) is 3.08. The van der Waals surface area contributed by atoms with Crippen LogP contribution in [0.3, 0.4) is 0 Å². The zero-order valence-electron chi connectivity index (χ0n) is 14.5. The number of carbonyl (C=O) groups excluding carboxylic acids is 1. The van der Waals surface area contributed by atoms with Gasteiger partial charge in [0, 0.05) is 43.1 Å². The summed E-state index contributed by atoms with van der Waals surface area (Å²) in [5.41, 5.74) is 2.96. The smallest absolute Gasteiger partial charge is 0.321 e. The van der Waals surface area contributed by atoms with Crippen LogP contribution in [-0.2, 0) is 6.54 Å². The number of hydrogen-bond donors (Lipinski definition) is 1. The van der Waals surface area contributed by atoms with E-state index in [-0.39, 0.29) is 6.03 Å². The number of halogens is 1. The van der Waals surface area contributed by atoms with Gasteiger partial charge in [-0.25, -0.2) is 4.79 Å². The molecule has 132 valence electrons. The van der Waals surface area contributed by atoms with Gasteiger partial charge in [0.05, 0.1) is 0 Å². The van der Waals surface area contributed by atoms with Crippen molar-refractivity contribution in [3.05, 3.63) is 59.1 Å². The van der Waals surface area contributed by atoms with Gasteiger partial charge in [0.2, 0.25) is 0 Å². The fourth-order valence-corrected chi connectivity index (χ4v) is 3.28. The summed E-state index contributed by atoms with van der Waals surface area (Å²) in [5.74, 6) is 0. The Morgan fingerprint density at radius 3 is 2.44 bits per heavy atom. The van der Waals surface area contributed by atoms with E-state index in [1.807, 2.05) is 36.4 Å². The summed E-state index contributed by atoms with van der Waals surface area (Å²) in [7, 11) is 1.76. The standard InChI is InChI=1S/C20H24ClN3O/c1-23(15-16-7-3-4-8-19(16)21)20(25)22-17-9-11-18(12-10-17)24-13-5-2-6-14-24/h3-4,7-12H,2,5-6,13-15H2,1H3,(H,22,25). The predicted molar refractivity (Wildman–Crippen MR) is 104 cm³/mol. The molecule has 2 aromatic carbocycles. The van der Waals surface area contributed by atoms with Crippen molar-refractivity contribution in [1.82, 2.24) is 4.90 Å². The van der Waals surface area contributed by atoms with E-state index in [1.165, 1.54) is 24.9 Å². The van der Waals surface area contributed by atoms with Crippen LogP contribution in [0, 0.1) is 0 Å². The predicted octanol–water partition coefficient (Wildman–Crippen LogP) is 4.99. The van der Waals surface area contributed by atoms with E-state index >= 15 is 0 Å². The van der Waals surface area contributed by atoms with Crippen LogP contribution < -0.4 is 10.2 Å². The van der Waals surface area contributed by atoms with Crippen LogP contribution >= 0.6 is 11.6 Å². The molecule has 0 unspecified atom stereocenters. The first kappa shape index (κ1) is 17.6. The minimum Gasteiger partial charge on any atom is -0.372 e. The van der Waals surface area contributed by atoms with Gasteiger partial charge in [-0.05, 0) is 55.2 Å². The van der Waals surface area contributed by atoms with Crippen LogP contribution in [0.25, 0.3) is 0 Å². The van der Waals surface area contributed by atoms with Crippen molar-refractivity contribution in [3.63, 3.8) is 0 Å². The highest BCUT2D eigenvalue weighted by atomic mass is 35.5. The molecule has 0 saturated carbocycles. The number of rotatable bonds is 4. The Bertz CT molecular complexity index is 711. The summed E-state index contributed by atoms with van der Waals surface area (Å²) in [5, 5.41) is 3.61. The van der Waals surface area contributed by atoms with Crippen LogP contribution in [0.15, 0.2) is 48.5 Å². The van der Waals surface area contributed by atoms with E-state index in [2.05, 4.69) is 22.3 Å². The molecule has 0 bridgehead atoms. The zero-order chi connectivity index (χ0) is 17.6. The zero-order valence-corrected chi connectivity index (χ0v) is 15.3. The maximum atomic E-state index is 12.4. The van der Waals surface area contributed by atoms with E-state index in [9.17, 15) is 4.79 Å². The lowest BCUT2D eigenvalue weighted by Gasteiger charge is -2.29. The average Bonchev–Trinajstić information content (AvgIpc) is 2.65. The summed E-state index contributed by atoms with van der Waals surface area (Å²) < 4.78 is 0. The molecule has 1 saturated heterocycles. The number of hydrogen-bond acceptors (Lipinski definition) is 2. The van der Waals surface area contributed by atoms with Gasteiger partial charge >= 0.3 is 6.03 Å². The van der Waals surface area contributed by atoms with Gasteiger partial charge in [-0.3, -0.25) is 0 Å². The molecule has 1 aliphatic heterocycles. The maximum absolute atomic E-state index is 12.4. The van der Waals surface area contributed by atoms with Crippen LogP contribution in [0.5, 0.6) is 0 Å². The van der Waals surface area contributed by atoms with Crippen LogP contribution in [0.1, 0.15) is 24.8 Å². The lowest BCUT2D eigenvalue weighted by atomic mass is 10.1. The molecular weight excluding hydrogens is 334 g/mol. The highest BCUT2D eigenvalue weighted by Gasteiger charge is 2.13. The number of urea groups is 1. The Labute approximate surface area is 154 Å². The van der Waals surface area contributed by atoms with E-state index in [0.29, 0.717) is 11.6 Å². The first-order valence-electron chi connectivity index (χ1n) is 8.74. The van der Waals surface area contributed by atoms with Gasteiger partial charge in [-0.1, -0.05) is 29.8 Å². The normalized spacial score (nSPS) is 14.2. The Balaban J connectivity index is 1.57. The number of amides is 2. The molecule has 1 N–H and O–H groups in total. The van der Waals surface area contributed by atoms with Crippen molar-refractivity contribution in [2.75, 3.05) is 30.4 Å². The molecule has 1 heterocycles. The van der Waals surface area contributed by atoms with Crippen LogP contribution in [-0.4, -0.2) is 31.1 Å². The van der Waals surface area contributed by atoms with Crippen molar-refractivity contribution < 1.29 is 4.79 Å². The van der Waals surface area contributed by atoms with Crippen molar-refractivity contribution in [2.45, 2.75) is 25.8 Å².